The summed E-state index contributed by atoms with van der Waals surface area (Å²) in [5.41, 5.74) is 11.9. The van der Waals surface area contributed by atoms with Gasteiger partial charge < -0.3 is 20.9 Å². The summed E-state index contributed by atoms with van der Waals surface area (Å²) in [6.07, 6.45) is 0. The molecule has 0 fully saturated rings. The van der Waals surface area contributed by atoms with Crippen molar-refractivity contribution in [2.75, 3.05) is 14.2 Å². The van der Waals surface area contributed by atoms with Gasteiger partial charge in [0, 0.05) is 11.1 Å². The maximum absolute atomic E-state index is 14.2. The normalized spacial score (nSPS) is 13.5. The minimum Gasteiger partial charge on any atom is -0.495 e. The van der Waals surface area contributed by atoms with Gasteiger partial charge in [-0.25, -0.2) is 8.78 Å². The molecule has 0 bridgehead atoms. The summed E-state index contributed by atoms with van der Waals surface area (Å²) in [4.78, 5) is 0. The van der Waals surface area contributed by atoms with E-state index in [2.05, 4.69) is 0 Å². The van der Waals surface area contributed by atoms with E-state index in [1.165, 1.54) is 26.4 Å². The van der Waals surface area contributed by atoms with E-state index in [-0.39, 0.29) is 32.7 Å². The van der Waals surface area contributed by atoms with E-state index in [9.17, 15) is 8.78 Å². The zero-order valence-corrected chi connectivity index (χ0v) is 14.5. The maximum atomic E-state index is 14.2. The Hall–Kier alpha value is -1.60. The minimum atomic E-state index is -1.16. The van der Waals surface area contributed by atoms with E-state index in [1.807, 2.05) is 0 Å². The van der Waals surface area contributed by atoms with Crippen LogP contribution in [0.1, 0.15) is 23.2 Å². The SMILES string of the molecule is COc1ccc(F)c([C@H](N)[C@@H](N)c2c(F)ccc(OC)c2Cl)c1Cl. The van der Waals surface area contributed by atoms with Crippen molar-refractivity contribution in [2.45, 2.75) is 12.1 Å². The van der Waals surface area contributed by atoms with Crippen LogP contribution in [-0.2, 0) is 0 Å². The fourth-order valence-corrected chi connectivity index (χ4v) is 3.10. The van der Waals surface area contributed by atoms with Gasteiger partial charge in [0.1, 0.15) is 23.1 Å². The smallest absolute Gasteiger partial charge is 0.138 e. The van der Waals surface area contributed by atoms with Crippen molar-refractivity contribution < 1.29 is 18.3 Å². The highest BCUT2D eigenvalue weighted by Gasteiger charge is 2.29. The van der Waals surface area contributed by atoms with Crippen LogP contribution in [0.4, 0.5) is 8.78 Å². The molecule has 2 atom stereocenters. The Balaban J connectivity index is 2.54. The predicted octanol–water partition coefficient (Wildman–Crippen LogP) is 3.99. The lowest BCUT2D eigenvalue weighted by Crippen LogP contribution is -2.29. The molecule has 2 rings (SSSR count). The maximum Gasteiger partial charge on any atom is 0.138 e. The first kappa shape index (κ1) is 18.7. The first-order chi connectivity index (χ1) is 11.3. The van der Waals surface area contributed by atoms with Crippen LogP contribution in [0.25, 0.3) is 0 Å². The molecule has 0 aliphatic heterocycles. The predicted molar refractivity (Wildman–Crippen MR) is 89.8 cm³/mol. The van der Waals surface area contributed by atoms with Gasteiger partial charge in [-0.05, 0) is 24.3 Å². The van der Waals surface area contributed by atoms with Crippen molar-refractivity contribution in [1.29, 1.82) is 0 Å². The fraction of sp³-hybridized carbons (Fsp3) is 0.250. The number of rotatable bonds is 5. The van der Waals surface area contributed by atoms with Crippen LogP contribution < -0.4 is 20.9 Å². The Bertz CT molecular complexity index is 696. The number of benzene rings is 2. The van der Waals surface area contributed by atoms with E-state index in [1.54, 1.807) is 0 Å². The van der Waals surface area contributed by atoms with Crippen molar-refractivity contribution in [3.8, 4) is 11.5 Å². The van der Waals surface area contributed by atoms with E-state index in [4.69, 9.17) is 44.1 Å². The number of ether oxygens (including phenoxy) is 2. The molecule has 0 amide bonds. The van der Waals surface area contributed by atoms with E-state index in [0.717, 1.165) is 12.1 Å². The summed E-state index contributed by atoms with van der Waals surface area (Å²) in [5.74, 6) is -0.896. The van der Waals surface area contributed by atoms with Crippen LogP contribution in [0, 0.1) is 11.6 Å². The molecule has 0 unspecified atom stereocenters. The average molecular weight is 377 g/mol. The molecular formula is C16H16Cl2F2N2O2. The Morgan fingerprint density at radius 1 is 0.792 bits per heavy atom. The Labute approximate surface area is 148 Å². The van der Waals surface area contributed by atoms with E-state index in [0.29, 0.717) is 0 Å². The lowest BCUT2D eigenvalue weighted by atomic mass is 9.93. The monoisotopic (exact) mass is 376 g/mol. The van der Waals surface area contributed by atoms with Crippen LogP contribution in [0.2, 0.25) is 10.0 Å². The fourth-order valence-electron chi connectivity index (χ4n) is 2.38. The molecule has 8 heteroatoms. The summed E-state index contributed by atoms with van der Waals surface area (Å²) in [6.45, 7) is 0. The first-order valence-electron chi connectivity index (χ1n) is 6.88. The van der Waals surface area contributed by atoms with Gasteiger partial charge in [0.25, 0.3) is 0 Å². The van der Waals surface area contributed by atoms with Gasteiger partial charge in [-0.1, -0.05) is 23.2 Å². The second kappa shape index (κ2) is 7.53. The van der Waals surface area contributed by atoms with Gasteiger partial charge in [0.15, 0.2) is 0 Å². The highest BCUT2D eigenvalue weighted by atomic mass is 35.5. The lowest BCUT2D eigenvalue weighted by Gasteiger charge is -2.24. The molecule has 0 radical (unpaired) electrons. The van der Waals surface area contributed by atoms with Crippen molar-refractivity contribution in [3.63, 3.8) is 0 Å². The quantitative estimate of drug-likeness (QED) is 0.827. The molecule has 0 aliphatic rings. The lowest BCUT2D eigenvalue weighted by molar-refractivity contribution is 0.408. The molecule has 0 aliphatic carbocycles. The minimum absolute atomic E-state index is 0.0279. The van der Waals surface area contributed by atoms with Crippen LogP contribution in [0.15, 0.2) is 24.3 Å². The summed E-state index contributed by atoms with van der Waals surface area (Å²) < 4.78 is 38.5. The molecule has 4 N–H and O–H groups in total. The Kier molecular flexibility index (Phi) is 5.87. The van der Waals surface area contributed by atoms with E-state index < -0.39 is 23.7 Å². The summed E-state index contributed by atoms with van der Waals surface area (Å²) >= 11 is 12.3. The Morgan fingerprint density at radius 3 is 1.42 bits per heavy atom. The molecular weight excluding hydrogens is 361 g/mol. The third-order valence-electron chi connectivity index (χ3n) is 3.68. The summed E-state index contributed by atoms with van der Waals surface area (Å²) in [6, 6.07) is 2.70. The second-order valence-corrected chi connectivity index (χ2v) is 5.76. The van der Waals surface area contributed by atoms with Crippen molar-refractivity contribution >= 4 is 23.2 Å². The van der Waals surface area contributed by atoms with Crippen LogP contribution in [0.5, 0.6) is 11.5 Å². The van der Waals surface area contributed by atoms with Crippen LogP contribution >= 0.6 is 23.2 Å². The molecule has 0 saturated heterocycles. The third-order valence-corrected chi connectivity index (χ3v) is 4.46. The molecule has 0 saturated carbocycles. The topological polar surface area (TPSA) is 70.5 Å². The molecule has 4 nitrogen and oxygen atoms in total. The highest BCUT2D eigenvalue weighted by Crippen LogP contribution is 2.41. The van der Waals surface area contributed by atoms with Crippen molar-refractivity contribution in [2.24, 2.45) is 11.5 Å². The molecule has 24 heavy (non-hydrogen) atoms. The summed E-state index contributed by atoms with van der Waals surface area (Å²) in [5, 5.41) is -0.0558. The van der Waals surface area contributed by atoms with Gasteiger partial charge >= 0.3 is 0 Å². The molecule has 2 aromatic carbocycles. The van der Waals surface area contributed by atoms with Crippen LogP contribution in [0.3, 0.4) is 0 Å². The second-order valence-electron chi connectivity index (χ2n) is 5.01. The molecule has 0 heterocycles. The van der Waals surface area contributed by atoms with Gasteiger partial charge in [0.05, 0.1) is 36.3 Å². The number of hydrogen-bond acceptors (Lipinski definition) is 4. The zero-order chi connectivity index (χ0) is 18.0. The Morgan fingerprint density at radius 2 is 1.12 bits per heavy atom. The number of halogens is 4. The van der Waals surface area contributed by atoms with Gasteiger partial charge in [0.2, 0.25) is 0 Å². The molecule has 2 aromatic rings. The van der Waals surface area contributed by atoms with E-state index >= 15 is 0 Å². The average Bonchev–Trinajstić information content (AvgIpc) is 2.55. The largest absolute Gasteiger partial charge is 0.495 e. The first-order valence-corrected chi connectivity index (χ1v) is 7.64. The van der Waals surface area contributed by atoms with Crippen molar-refractivity contribution in [3.05, 3.63) is 57.1 Å². The number of nitrogens with two attached hydrogens (primary N) is 2. The van der Waals surface area contributed by atoms with Gasteiger partial charge in [-0.3, -0.25) is 0 Å². The molecule has 0 aromatic heterocycles. The van der Waals surface area contributed by atoms with Gasteiger partial charge in [-0.15, -0.1) is 0 Å². The molecule has 130 valence electrons. The molecule has 0 spiro atoms. The highest BCUT2D eigenvalue weighted by molar-refractivity contribution is 6.33. The zero-order valence-electron chi connectivity index (χ0n) is 12.9. The standard InChI is InChI=1S/C16H16Cl2F2N2O2/c1-23-9-5-3-7(19)11(13(9)17)15(21)16(22)12-8(20)4-6-10(24-2)14(12)18/h3-6,15-16H,21-22H2,1-2H3/t15-,16-/m0/s1. The van der Waals surface area contributed by atoms with Crippen LogP contribution in [-0.4, -0.2) is 14.2 Å². The number of hydrogen-bond donors (Lipinski definition) is 2. The van der Waals surface area contributed by atoms with Gasteiger partial charge in [-0.2, -0.15) is 0 Å². The third kappa shape index (κ3) is 3.28. The number of methoxy groups -OCH3 is 2. The summed E-state index contributed by atoms with van der Waals surface area (Å²) in [7, 11) is 2.76. The van der Waals surface area contributed by atoms with Crippen molar-refractivity contribution in [1.82, 2.24) is 0 Å².